The number of hydrogen-bond donors (Lipinski definition) is 2. The third-order valence-corrected chi connectivity index (χ3v) is 1.57. The van der Waals surface area contributed by atoms with E-state index in [2.05, 4.69) is 20.1 Å². The molecular weight excluding hydrogens is 218 g/mol. The Morgan fingerprint density at radius 3 is 2.69 bits per heavy atom. The maximum atomic E-state index is 11.1. The van der Waals surface area contributed by atoms with Gasteiger partial charge in [0.15, 0.2) is 0 Å². The highest BCUT2D eigenvalue weighted by Gasteiger charge is 2.13. The van der Waals surface area contributed by atoms with Gasteiger partial charge in [-0.3, -0.25) is 14.4 Å². The SMILES string of the molecule is O=C(O)CCC(=O)CC(=O)Oc1cn[nH]n1. The van der Waals surface area contributed by atoms with Gasteiger partial charge in [-0.05, 0) is 0 Å². The average Bonchev–Trinajstić information content (AvgIpc) is 2.67. The number of aromatic amines is 1. The molecular formula is C8H9N3O5. The minimum atomic E-state index is -1.08. The molecule has 1 aromatic rings. The number of H-pyrrole nitrogens is 1. The van der Waals surface area contributed by atoms with Gasteiger partial charge in [-0.2, -0.15) is 10.3 Å². The summed E-state index contributed by atoms with van der Waals surface area (Å²) >= 11 is 0. The van der Waals surface area contributed by atoms with Crippen molar-refractivity contribution >= 4 is 17.7 Å². The number of ketones is 1. The highest BCUT2D eigenvalue weighted by Crippen LogP contribution is 2.03. The van der Waals surface area contributed by atoms with Gasteiger partial charge in [-0.1, -0.05) is 0 Å². The predicted octanol–water partition coefficient (Wildman–Crippen LogP) is -0.466. The quantitative estimate of drug-likeness (QED) is 0.497. The van der Waals surface area contributed by atoms with Gasteiger partial charge < -0.3 is 9.84 Å². The Morgan fingerprint density at radius 2 is 2.12 bits per heavy atom. The van der Waals surface area contributed by atoms with Crippen molar-refractivity contribution in [2.75, 3.05) is 0 Å². The van der Waals surface area contributed by atoms with E-state index in [0.29, 0.717) is 0 Å². The molecule has 0 unspecified atom stereocenters. The normalized spacial score (nSPS) is 9.75. The van der Waals surface area contributed by atoms with Gasteiger partial charge in [-0.25, -0.2) is 0 Å². The van der Waals surface area contributed by atoms with Crippen molar-refractivity contribution in [2.24, 2.45) is 0 Å². The molecule has 0 saturated carbocycles. The number of aliphatic carboxylic acids is 1. The summed E-state index contributed by atoms with van der Waals surface area (Å²) in [5.74, 6) is -2.39. The smallest absolute Gasteiger partial charge is 0.320 e. The Hall–Kier alpha value is -2.25. The molecule has 1 heterocycles. The highest BCUT2D eigenvalue weighted by atomic mass is 16.5. The minimum absolute atomic E-state index is 0.0314. The second kappa shape index (κ2) is 5.59. The molecule has 1 aromatic heterocycles. The fraction of sp³-hybridized carbons (Fsp3) is 0.375. The molecule has 8 nitrogen and oxygen atoms in total. The number of carboxylic acids is 1. The maximum absolute atomic E-state index is 11.1. The lowest BCUT2D eigenvalue weighted by molar-refractivity contribution is -0.141. The number of carboxylic acid groups (broad SMARTS) is 1. The molecule has 0 amide bonds. The Bertz CT molecular complexity index is 386. The molecule has 2 N–H and O–H groups in total. The van der Waals surface area contributed by atoms with Gasteiger partial charge in [0.05, 0.1) is 6.42 Å². The van der Waals surface area contributed by atoms with Crippen molar-refractivity contribution in [3.63, 3.8) is 0 Å². The number of hydrogen-bond acceptors (Lipinski definition) is 6. The van der Waals surface area contributed by atoms with Crippen LogP contribution in [0.1, 0.15) is 19.3 Å². The van der Waals surface area contributed by atoms with E-state index in [1.807, 2.05) is 0 Å². The van der Waals surface area contributed by atoms with E-state index in [4.69, 9.17) is 5.11 Å². The van der Waals surface area contributed by atoms with Crippen molar-refractivity contribution in [2.45, 2.75) is 19.3 Å². The largest absolute Gasteiger partial charge is 0.481 e. The Balaban J connectivity index is 2.29. The third-order valence-electron chi connectivity index (χ3n) is 1.57. The van der Waals surface area contributed by atoms with E-state index in [0.717, 1.165) is 0 Å². The number of rotatable bonds is 6. The van der Waals surface area contributed by atoms with Gasteiger partial charge in [0.1, 0.15) is 18.4 Å². The monoisotopic (exact) mass is 227 g/mol. The summed E-state index contributed by atoms with van der Waals surface area (Å²) in [5, 5.41) is 17.4. The van der Waals surface area contributed by atoms with Gasteiger partial charge in [0.25, 0.3) is 5.88 Å². The Morgan fingerprint density at radius 1 is 1.38 bits per heavy atom. The second-order valence-electron chi connectivity index (χ2n) is 2.89. The zero-order chi connectivity index (χ0) is 12.0. The molecule has 0 aliphatic rings. The highest BCUT2D eigenvalue weighted by molar-refractivity contribution is 5.97. The average molecular weight is 227 g/mol. The number of nitrogens with zero attached hydrogens (tertiary/aromatic N) is 2. The third kappa shape index (κ3) is 4.31. The van der Waals surface area contributed by atoms with Crippen molar-refractivity contribution in [1.29, 1.82) is 0 Å². The summed E-state index contributed by atoms with van der Waals surface area (Å²) < 4.78 is 4.62. The van der Waals surface area contributed by atoms with E-state index < -0.39 is 24.1 Å². The van der Waals surface area contributed by atoms with Crippen LogP contribution in [0.15, 0.2) is 6.20 Å². The number of aromatic nitrogens is 3. The molecule has 0 fully saturated rings. The Kier molecular flexibility index (Phi) is 4.13. The van der Waals surface area contributed by atoms with Crippen LogP contribution in [0.3, 0.4) is 0 Å². The topological polar surface area (TPSA) is 122 Å². The first-order chi connectivity index (χ1) is 7.58. The van der Waals surface area contributed by atoms with E-state index in [1.54, 1.807) is 0 Å². The molecule has 8 heteroatoms. The number of ether oxygens (including phenoxy) is 1. The first-order valence-corrected chi connectivity index (χ1v) is 4.38. The van der Waals surface area contributed by atoms with Gasteiger partial charge >= 0.3 is 11.9 Å². The van der Waals surface area contributed by atoms with Crippen LogP contribution in [-0.2, 0) is 14.4 Å². The number of carbonyl (C=O) groups excluding carboxylic acids is 2. The molecule has 0 spiro atoms. The van der Waals surface area contributed by atoms with Gasteiger partial charge in [-0.15, -0.1) is 5.10 Å². The van der Waals surface area contributed by atoms with Crippen LogP contribution in [0.4, 0.5) is 0 Å². The molecule has 16 heavy (non-hydrogen) atoms. The molecule has 0 radical (unpaired) electrons. The van der Waals surface area contributed by atoms with E-state index in [1.165, 1.54) is 6.20 Å². The lowest BCUT2D eigenvalue weighted by atomic mass is 10.2. The zero-order valence-electron chi connectivity index (χ0n) is 8.17. The number of nitrogens with one attached hydrogen (secondary N) is 1. The lowest BCUT2D eigenvalue weighted by Gasteiger charge is -1.98. The molecule has 0 aromatic carbocycles. The lowest BCUT2D eigenvalue weighted by Crippen LogP contribution is -2.15. The molecule has 0 atom stereocenters. The van der Waals surface area contributed by atoms with Crippen LogP contribution >= 0.6 is 0 Å². The molecule has 0 aliphatic heterocycles. The number of Topliss-reactive ketones (excluding diaryl/α,β-unsaturated/α-hetero) is 1. The van der Waals surface area contributed by atoms with E-state index in [-0.39, 0.29) is 18.7 Å². The maximum Gasteiger partial charge on any atom is 0.320 e. The molecule has 0 saturated heterocycles. The summed E-state index contributed by atoms with van der Waals surface area (Å²) in [7, 11) is 0. The summed E-state index contributed by atoms with van der Waals surface area (Å²) in [6.07, 6.45) is 0.221. The standard InChI is InChI=1S/C8H9N3O5/c12-5(1-2-7(13)14)3-8(15)16-6-4-9-11-10-6/h4H,1-3H2,(H,13,14)(H,9,10,11). The van der Waals surface area contributed by atoms with Crippen LogP contribution in [0, 0.1) is 0 Å². The van der Waals surface area contributed by atoms with E-state index in [9.17, 15) is 14.4 Å². The van der Waals surface area contributed by atoms with Crippen molar-refractivity contribution in [3.05, 3.63) is 6.20 Å². The van der Waals surface area contributed by atoms with Crippen molar-refractivity contribution < 1.29 is 24.2 Å². The predicted molar refractivity (Wildman–Crippen MR) is 48.5 cm³/mol. The molecule has 1 rings (SSSR count). The summed E-state index contributed by atoms with van der Waals surface area (Å²) in [6.45, 7) is 0. The van der Waals surface area contributed by atoms with Crippen LogP contribution < -0.4 is 4.74 Å². The van der Waals surface area contributed by atoms with Gasteiger partial charge in [0.2, 0.25) is 0 Å². The second-order valence-corrected chi connectivity index (χ2v) is 2.89. The Labute approximate surface area is 89.6 Å². The molecule has 0 aliphatic carbocycles. The fourth-order valence-corrected chi connectivity index (χ4v) is 0.889. The summed E-state index contributed by atoms with van der Waals surface area (Å²) in [5.41, 5.74) is 0. The first kappa shape index (κ1) is 11.8. The molecule has 86 valence electrons. The van der Waals surface area contributed by atoms with Crippen LogP contribution in [0.5, 0.6) is 5.88 Å². The number of carbonyl (C=O) groups is 3. The zero-order valence-corrected chi connectivity index (χ0v) is 8.17. The van der Waals surface area contributed by atoms with Crippen molar-refractivity contribution in [1.82, 2.24) is 15.4 Å². The van der Waals surface area contributed by atoms with Gasteiger partial charge in [0, 0.05) is 6.42 Å². The molecule has 0 bridgehead atoms. The minimum Gasteiger partial charge on any atom is -0.481 e. The van der Waals surface area contributed by atoms with Crippen LogP contribution in [0.25, 0.3) is 0 Å². The van der Waals surface area contributed by atoms with E-state index >= 15 is 0 Å². The van der Waals surface area contributed by atoms with Crippen LogP contribution in [0.2, 0.25) is 0 Å². The first-order valence-electron chi connectivity index (χ1n) is 4.38. The summed E-state index contributed by atoms with van der Waals surface area (Å²) in [4.78, 5) is 32.3. The number of esters is 1. The summed E-state index contributed by atoms with van der Waals surface area (Å²) in [6, 6.07) is 0. The van der Waals surface area contributed by atoms with Crippen molar-refractivity contribution in [3.8, 4) is 5.88 Å². The fourth-order valence-electron chi connectivity index (χ4n) is 0.889. The van der Waals surface area contributed by atoms with Crippen LogP contribution in [-0.4, -0.2) is 38.2 Å².